The van der Waals surface area contributed by atoms with Crippen LogP contribution in [0.5, 0.6) is 0 Å². The smallest absolute Gasteiger partial charge is 0.141 e. The maximum Gasteiger partial charge on any atom is 0.141 e. The van der Waals surface area contributed by atoms with Gasteiger partial charge in [0, 0.05) is 25.8 Å². The number of hydrogen-bond acceptors (Lipinski definition) is 4. The average Bonchev–Trinajstić information content (AvgIpc) is 2.84. The van der Waals surface area contributed by atoms with Crippen LogP contribution in [0.25, 0.3) is 0 Å². The third-order valence-electron chi connectivity index (χ3n) is 3.85. The maximum absolute atomic E-state index is 9.21. The predicted molar refractivity (Wildman–Crippen MR) is 77.5 cm³/mol. The van der Waals surface area contributed by atoms with Gasteiger partial charge in [0.25, 0.3) is 0 Å². The van der Waals surface area contributed by atoms with Crippen LogP contribution in [0.1, 0.15) is 27.8 Å². The maximum atomic E-state index is 9.21. The van der Waals surface area contributed by atoms with E-state index in [1.54, 1.807) is 6.20 Å². The number of aromatic nitrogens is 1. The summed E-state index contributed by atoms with van der Waals surface area (Å²) < 4.78 is 0. The van der Waals surface area contributed by atoms with Gasteiger partial charge in [0.2, 0.25) is 0 Å². The van der Waals surface area contributed by atoms with E-state index in [-0.39, 0.29) is 0 Å². The van der Waals surface area contributed by atoms with E-state index in [0.29, 0.717) is 11.4 Å². The molecule has 0 unspecified atom stereocenters. The molecule has 1 aliphatic rings. The highest BCUT2D eigenvalue weighted by atomic mass is 15.1. The molecule has 0 amide bonds. The molecule has 2 heterocycles. The molecule has 3 rings (SSSR count). The van der Waals surface area contributed by atoms with E-state index in [2.05, 4.69) is 47.1 Å². The zero-order chi connectivity index (χ0) is 14.1. The van der Waals surface area contributed by atoms with E-state index < -0.39 is 0 Å². The van der Waals surface area contributed by atoms with Gasteiger partial charge >= 0.3 is 0 Å². The summed E-state index contributed by atoms with van der Waals surface area (Å²) in [7, 11) is 0. The first kappa shape index (κ1) is 12.6. The van der Waals surface area contributed by atoms with Gasteiger partial charge in [-0.3, -0.25) is 4.90 Å². The minimum Gasteiger partial charge on any atom is -0.383 e. The fourth-order valence-electron chi connectivity index (χ4n) is 2.71. The lowest BCUT2D eigenvalue weighted by Crippen LogP contribution is -2.16. The number of nitriles is 1. The number of nitrogens with zero attached hydrogens (tertiary/aromatic N) is 3. The zero-order valence-electron chi connectivity index (χ0n) is 11.4. The summed E-state index contributed by atoms with van der Waals surface area (Å²) in [6.07, 6.45) is 1.79. The van der Waals surface area contributed by atoms with Crippen molar-refractivity contribution in [3.63, 3.8) is 0 Å². The quantitative estimate of drug-likeness (QED) is 0.904. The molecule has 4 nitrogen and oxygen atoms in total. The summed E-state index contributed by atoms with van der Waals surface area (Å²) in [5, 5.41) is 9.21. The van der Waals surface area contributed by atoms with Crippen molar-refractivity contribution < 1.29 is 0 Å². The Morgan fingerprint density at radius 1 is 1.35 bits per heavy atom. The Kier molecular flexibility index (Phi) is 3.13. The molecule has 1 aliphatic heterocycles. The molecular formula is C16H16N4. The van der Waals surface area contributed by atoms with Crippen LogP contribution >= 0.6 is 0 Å². The van der Waals surface area contributed by atoms with E-state index in [4.69, 9.17) is 5.73 Å². The summed E-state index contributed by atoms with van der Waals surface area (Å²) in [6, 6.07) is 10.6. The Bertz CT molecular complexity index is 700. The average molecular weight is 264 g/mol. The first-order valence-electron chi connectivity index (χ1n) is 6.62. The van der Waals surface area contributed by atoms with E-state index in [0.717, 1.165) is 30.8 Å². The van der Waals surface area contributed by atoms with E-state index in [1.165, 1.54) is 11.1 Å². The van der Waals surface area contributed by atoms with Crippen LogP contribution in [-0.2, 0) is 19.6 Å². The number of benzene rings is 1. The van der Waals surface area contributed by atoms with Gasteiger partial charge in [0.1, 0.15) is 11.9 Å². The van der Waals surface area contributed by atoms with E-state index in [1.807, 2.05) is 0 Å². The number of fused-ring (bicyclic) bond motifs is 1. The second kappa shape index (κ2) is 4.95. The third kappa shape index (κ3) is 2.13. The standard InChI is InChI=1S/C16H16N4/c1-11-4-2-3-5-12(11)8-20-9-13-7-19-16(18)14(6-17)15(13)10-20/h2-5,7H,8-10H2,1H3,(H2,18,19). The van der Waals surface area contributed by atoms with Crippen LogP contribution in [0.2, 0.25) is 0 Å². The van der Waals surface area contributed by atoms with Crippen molar-refractivity contribution in [2.75, 3.05) is 5.73 Å². The number of rotatable bonds is 2. The van der Waals surface area contributed by atoms with Gasteiger partial charge < -0.3 is 5.73 Å². The van der Waals surface area contributed by atoms with Crippen LogP contribution in [-0.4, -0.2) is 9.88 Å². The van der Waals surface area contributed by atoms with Crippen molar-refractivity contribution in [3.05, 3.63) is 58.3 Å². The molecule has 0 bridgehead atoms. The molecule has 0 fully saturated rings. The monoisotopic (exact) mass is 264 g/mol. The highest BCUT2D eigenvalue weighted by Gasteiger charge is 2.24. The second-order valence-corrected chi connectivity index (χ2v) is 5.21. The number of pyridine rings is 1. The fourth-order valence-corrected chi connectivity index (χ4v) is 2.71. The normalized spacial score (nSPS) is 14.0. The van der Waals surface area contributed by atoms with Crippen LogP contribution in [0.3, 0.4) is 0 Å². The van der Waals surface area contributed by atoms with Gasteiger partial charge in [-0.15, -0.1) is 0 Å². The molecule has 0 atom stereocenters. The minimum atomic E-state index is 0.337. The Hall–Kier alpha value is -2.38. The van der Waals surface area contributed by atoms with Crippen molar-refractivity contribution in [2.45, 2.75) is 26.6 Å². The SMILES string of the molecule is Cc1ccccc1CN1Cc2cnc(N)c(C#N)c2C1. The molecular weight excluding hydrogens is 248 g/mol. The summed E-state index contributed by atoms with van der Waals surface area (Å²) >= 11 is 0. The summed E-state index contributed by atoms with van der Waals surface area (Å²) in [4.78, 5) is 6.42. The lowest BCUT2D eigenvalue weighted by Gasteiger charge is -2.16. The molecule has 1 aromatic carbocycles. The van der Waals surface area contributed by atoms with E-state index >= 15 is 0 Å². The number of nitrogen functional groups attached to an aromatic ring is 1. The number of nitrogens with two attached hydrogens (primary N) is 1. The Morgan fingerprint density at radius 2 is 2.15 bits per heavy atom. The van der Waals surface area contributed by atoms with Crippen LogP contribution in [0.4, 0.5) is 5.82 Å². The molecule has 1 aromatic heterocycles. The molecule has 100 valence electrons. The lowest BCUT2D eigenvalue weighted by molar-refractivity contribution is 0.275. The second-order valence-electron chi connectivity index (χ2n) is 5.21. The van der Waals surface area contributed by atoms with Crippen LogP contribution in [0, 0.1) is 18.3 Å². The molecule has 0 saturated carbocycles. The Balaban J connectivity index is 1.85. The predicted octanol–water partition coefficient (Wildman–Crippen LogP) is 2.36. The molecule has 4 heteroatoms. The highest BCUT2D eigenvalue weighted by molar-refractivity contribution is 5.56. The molecule has 0 saturated heterocycles. The number of anilines is 1. The first-order chi connectivity index (χ1) is 9.69. The van der Waals surface area contributed by atoms with Gasteiger partial charge in [0.15, 0.2) is 0 Å². The Morgan fingerprint density at radius 3 is 2.90 bits per heavy atom. The molecule has 2 aromatic rings. The summed E-state index contributed by atoms with van der Waals surface area (Å²) in [5.74, 6) is 0.337. The van der Waals surface area contributed by atoms with Gasteiger partial charge in [-0.25, -0.2) is 4.98 Å². The lowest BCUT2D eigenvalue weighted by atomic mass is 10.1. The molecule has 20 heavy (non-hydrogen) atoms. The first-order valence-corrected chi connectivity index (χ1v) is 6.62. The van der Waals surface area contributed by atoms with Gasteiger partial charge in [-0.2, -0.15) is 5.26 Å². The van der Waals surface area contributed by atoms with Crippen LogP contribution < -0.4 is 5.73 Å². The van der Waals surface area contributed by atoms with E-state index in [9.17, 15) is 5.26 Å². The van der Waals surface area contributed by atoms with Crippen molar-refractivity contribution in [2.24, 2.45) is 0 Å². The molecule has 0 radical (unpaired) electrons. The summed E-state index contributed by atoms with van der Waals surface area (Å²) in [5.41, 5.74) is 11.1. The van der Waals surface area contributed by atoms with Crippen molar-refractivity contribution in [3.8, 4) is 6.07 Å². The molecule has 2 N–H and O–H groups in total. The van der Waals surface area contributed by atoms with Gasteiger partial charge in [-0.1, -0.05) is 24.3 Å². The van der Waals surface area contributed by atoms with Crippen molar-refractivity contribution in [1.29, 1.82) is 5.26 Å². The number of hydrogen-bond donors (Lipinski definition) is 1. The molecule has 0 aliphatic carbocycles. The Labute approximate surface area is 118 Å². The van der Waals surface area contributed by atoms with Gasteiger partial charge in [0.05, 0.1) is 5.56 Å². The van der Waals surface area contributed by atoms with Crippen molar-refractivity contribution >= 4 is 5.82 Å². The largest absolute Gasteiger partial charge is 0.383 e. The van der Waals surface area contributed by atoms with Crippen LogP contribution in [0.15, 0.2) is 30.5 Å². The van der Waals surface area contributed by atoms with Gasteiger partial charge in [-0.05, 0) is 29.2 Å². The number of aryl methyl sites for hydroxylation is 1. The summed E-state index contributed by atoms with van der Waals surface area (Å²) in [6.45, 7) is 4.59. The zero-order valence-corrected chi connectivity index (χ0v) is 11.4. The van der Waals surface area contributed by atoms with Crippen molar-refractivity contribution in [1.82, 2.24) is 9.88 Å². The minimum absolute atomic E-state index is 0.337. The topological polar surface area (TPSA) is 65.9 Å². The fraction of sp³-hybridized carbons (Fsp3) is 0.250. The third-order valence-corrected chi connectivity index (χ3v) is 3.85. The highest BCUT2D eigenvalue weighted by Crippen LogP contribution is 2.29. The molecule has 0 spiro atoms.